The van der Waals surface area contributed by atoms with Crippen molar-refractivity contribution < 1.29 is 9.90 Å². The Morgan fingerprint density at radius 3 is 3.00 bits per heavy atom. The van der Waals surface area contributed by atoms with E-state index in [9.17, 15) is 9.90 Å². The van der Waals surface area contributed by atoms with Gasteiger partial charge in [-0.2, -0.15) is 0 Å². The largest absolute Gasteiger partial charge is 0.389 e. The number of Topliss-reactive ketones (excluding diaryl/α,β-unsaturated/α-hetero) is 1. The molecule has 0 aromatic heterocycles. The molecule has 2 rings (SSSR count). The summed E-state index contributed by atoms with van der Waals surface area (Å²) in [6.07, 6.45) is 3.63. The lowest BCUT2D eigenvalue weighted by molar-refractivity contribution is -0.124. The molecule has 0 saturated heterocycles. The Hall–Kier alpha value is -0.630. The highest BCUT2D eigenvalue weighted by Gasteiger charge is 2.46. The van der Waals surface area contributed by atoms with E-state index in [-0.39, 0.29) is 11.5 Å². The van der Waals surface area contributed by atoms with Gasteiger partial charge in [-0.3, -0.25) is 4.79 Å². The summed E-state index contributed by atoms with van der Waals surface area (Å²) in [5, 5.41) is 9.29. The van der Waals surface area contributed by atoms with Crippen molar-refractivity contribution in [2.24, 2.45) is 5.41 Å². The normalized spacial score (nSPS) is 42.5. The number of hydrogen-bond acceptors (Lipinski definition) is 2. The van der Waals surface area contributed by atoms with Gasteiger partial charge >= 0.3 is 0 Å². The van der Waals surface area contributed by atoms with Crippen LogP contribution in [0.4, 0.5) is 0 Å². The molecule has 1 saturated carbocycles. The van der Waals surface area contributed by atoms with E-state index in [0.29, 0.717) is 18.6 Å². The van der Waals surface area contributed by atoms with E-state index < -0.39 is 0 Å². The minimum absolute atomic E-state index is 0.292. The Balaban J connectivity index is 2.39. The smallest absolute Gasteiger partial charge is 0.143 e. The predicted octanol–water partition coefficient (Wildman–Crippen LogP) is 1.05. The predicted molar refractivity (Wildman–Crippen MR) is 41.1 cm³/mol. The molecule has 11 heavy (non-hydrogen) atoms. The van der Waals surface area contributed by atoms with Gasteiger partial charge in [-0.25, -0.2) is 0 Å². The molecule has 0 amide bonds. The second-order valence-electron chi connectivity index (χ2n) is 3.72. The van der Waals surface area contributed by atoms with Gasteiger partial charge in [-0.05, 0) is 19.8 Å². The monoisotopic (exact) mass is 152 g/mol. The Morgan fingerprint density at radius 1 is 1.64 bits per heavy atom. The number of ketones is 1. The first-order valence-electron chi connectivity index (χ1n) is 4.05. The van der Waals surface area contributed by atoms with Crippen molar-refractivity contribution in [1.29, 1.82) is 0 Å². The van der Waals surface area contributed by atoms with Gasteiger partial charge in [0, 0.05) is 11.8 Å². The van der Waals surface area contributed by atoms with Crippen molar-refractivity contribution in [3.05, 3.63) is 11.6 Å². The van der Waals surface area contributed by atoms with Crippen LogP contribution < -0.4 is 0 Å². The van der Waals surface area contributed by atoms with Gasteiger partial charge in [0.25, 0.3) is 0 Å². The van der Waals surface area contributed by atoms with E-state index in [1.165, 1.54) is 0 Å². The minimum Gasteiger partial charge on any atom is -0.389 e. The van der Waals surface area contributed by atoms with Gasteiger partial charge in [0.1, 0.15) is 5.78 Å². The fourth-order valence-electron chi connectivity index (χ4n) is 2.20. The van der Waals surface area contributed by atoms with E-state index in [2.05, 4.69) is 0 Å². The molecule has 2 unspecified atom stereocenters. The number of carbonyl (C=O) groups is 1. The molecule has 2 atom stereocenters. The molecular weight excluding hydrogens is 140 g/mol. The number of rotatable bonds is 0. The lowest BCUT2D eigenvalue weighted by Gasteiger charge is -2.18. The molecule has 2 nitrogen and oxygen atoms in total. The molecule has 60 valence electrons. The Labute approximate surface area is 65.9 Å². The van der Waals surface area contributed by atoms with Gasteiger partial charge in [0.05, 0.1) is 6.10 Å². The zero-order valence-corrected chi connectivity index (χ0v) is 6.63. The summed E-state index contributed by atoms with van der Waals surface area (Å²) in [5.74, 6) is 0.306. The van der Waals surface area contributed by atoms with E-state index in [1.807, 2.05) is 13.0 Å². The summed E-state index contributed by atoms with van der Waals surface area (Å²) in [6, 6.07) is 0. The number of aliphatic hydroxyl groups excluding tert-OH is 1. The highest BCUT2D eigenvalue weighted by atomic mass is 16.3. The highest BCUT2D eigenvalue weighted by molar-refractivity contribution is 5.91. The van der Waals surface area contributed by atoms with Gasteiger partial charge in [0.2, 0.25) is 0 Å². The molecule has 2 aliphatic rings. The topological polar surface area (TPSA) is 37.3 Å². The van der Waals surface area contributed by atoms with Gasteiger partial charge in [-0.1, -0.05) is 11.6 Å². The third-order valence-electron chi connectivity index (χ3n) is 2.96. The molecule has 0 radical (unpaired) electrons. The first-order valence-corrected chi connectivity index (χ1v) is 4.05. The van der Waals surface area contributed by atoms with Crippen molar-refractivity contribution in [2.75, 3.05) is 0 Å². The van der Waals surface area contributed by atoms with Gasteiger partial charge in [-0.15, -0.1) is 0 Å². The molecule has 2 aliphatic carbocycles. The van der Waals surface area contributed by atoms with Crippen LogP contribution in [0.1, 0.15) is 26.2 Å². The number of hydrogen-bond donors (Lipinski definition) is 1. The van der Waals surface area contributed by atoms with Crippen molar-refractivity contribution >= 4 is 5.78 Å². The van der Waals surface area contributed by atoms with Crippen LogP contribution in [0.3, 0.4) is 0 Å². The minimum atomic E-state index is -0.376. The molecule has 1 N–H and O–H groups in total. The van der Waals surface area contributed by atoms with Crippen LogP contribution in [0.15, 0.2) is 11.6 Å². The zero-order chi connectivity index (χ0) is 8.06. The van der Waals surface area contributed by atoms with Crippen LogP contribution in [-0.4, -0.2) is 17.0 Å². The van der Waals surface area contributed by atoms with Crippen molar-refractivity contribution in [3.63, 3.8) is 0 Å². The molecule has 0 heterocycles. The molecule has 0 bridgehead atoms. The van der Waals surface area contributed by atoms with Crippen LogP contribution >= 0.6 is 0 Å². The van der Waals surface area contributed by atoms with Crippen molar-refractivity contribution in [2.45, 2.75) is 32.3 Å². The second kappa shape index (κ2) is 1.95. The number of fused-ring (bicyclic) bond motifs is 1. The first kappa shape index (κ1) is 7.04. The highest BCUT2D eigenvalue weighted by Crippen LogP contribution is 2.47. The maximum absolute atomic E-state index is 11.4. The summed E-state index contributed by atoms with van der Waals surface area (Å²) in [5.41, 5.74) is 0.870. The maximum atomic E-state index is 11.4. The van der Waals surface area contributed by atoms with Crippen LogP contribution in [-0.2, 0) is 4.79 Å². The molecular formula is C9H12O2. The summed E-state index contributed by atoms with van der Waals surface area (Å²) >= 11 is 0. The van der Waals surface area contributed by atoms with Crippen molar-refractivity contribution in [1.82, 2.24) is 0 Å². The average molecular weight is 152 g/mol. The average Bonchev–Trinajstić information content (AvgIpc) is 2.32. The molecule has 0 spiro atoms. The van der Waals surface area contributed by atoms with E-state index in [0.717, 1.165) is 12.0 Å². The molecule has 0 aliphatic heterocycles. The van der Waals surface area contributed by atoms with E-state index in [1.54, 1.807) is 0 Å². The van der Waals surface area contributed by atoms with Gasteiger partial charge in [0.15, 0.2) is 0 Å². The molecule has 0 aromatic carbocycles. The second-order valence-corrected chi connectivity index (χ2v) is 3.72. The molecule has 2 heteroatoms. The van der Waals surface area contributed by atoms with Crippen LogP contribution in [0, 0.1) is 5.41 Å². The zero-order valence-electron chi connectivity index (χ0n) is 6.63. The van der Waals surface area contributed by atoms with Crippen LogP contribution in [0.5, 0.6) is 0 Å². The Morgan fingerprint density at radius 2 is 2.36 bits per heavy atom. The standard InChI is InChI=1S/C9H12O2/c1-9-5-7(10)4-6(9)2-3-8(9)11/h4,7,10H,2-3,5H2,1H3. The summed E-state index contributed by atoms with van der Waals surface area (Å²) in [6.45, 7) is 1.95. The Bertz CT molecular complexity index is 242. The van der Waals surface area contributed by atoms with E-state index >= 15 is 0 Å². The lowest BCUT2D eigenvalue weighted by atomic mass is 9.84. The third kappa shape index (κ3) is 0.791. The van der Waals surface area contributed by atoms with Crippen LogP contribution in [0.25, 0.3) is 0 Å². The fraction of sp³-hybridized carbons (Fsp3) is 0.667. The SMILES string of the molecule is CC12CC(O)C=C1CCC2=O. The quantitative estimate of drug-likeness (QED) is 0.527. The number of allylic oxidation sites excluding steroid dienone is 1. The molecule has 1 fully saturated rings. The summed E-state index contributed by atoms with van der Waals surface area (Å²) in [4.78, 5) is 11.4. The number of aliphatic hydroxyl groups is 1. The maximum Gasteiger partial charge on any atom is 0.143 e. The van der Waals surface area contributed by atoms with Crippen molar-refractivity contribution in [3.8, 4) is 0 Å². The van der Waals surface area contributed by atoms with Gasteiger partial charge < -0.3 is 5.11 Å². The number of carbonyl (C=O) groups excluding carboxylic acids is 1. The first-order chi connectivity index (χ1) is 5.13. The Kier molecular flexibility index (Phi) is 1.25. The lowest BCUT2D eigenvalue weighted by Crippen LogP contribution is -2.22. The van der Waals surface area contributed by atoms with Crippen LogP contribution in [0.2, 0.25) is 0 Å². The third-order valence-corrected chi connectivity index (χ3v) is 2.96. The molecule has 0 aromatic rings. The summed E-state index contributed by atoms with van der Waals surface area (Å²) < 4.78 is 0. The van der Waals surface area contributed by atoms with E-state index in [4.69, 9.17) is 0 Å². The fourth-order valence-corrected chi connectivity index (χ4v) is 2.20. The summed E-state index contributed by atoms with van der Waals surface area (Å²) in [7, 11) is 0.